The number of benzene rings is 1. The average Bonchev–Trinajstić information content (AvgIpc) is 1.97. The minimum absolute atomic E-state index is 0.0851. The van der Waals surface area contributed by atoms with Crippen LogP contribution in [0.2, 0.25) is 0 Å². The van der Waals surface area contributed by atoms with Gasteiger partial charge in [-0.3, -0.25) is 3.53 Å². The number of hydrogen-bond acceptors (Lipinski definition) is 1. The van der Waals surface area contributed by atoms with Gasteiger partial charge < -0.3 is 0 Å². The summed E-state index contributed by atoms with van der Waals surface area (Å²) in [7, 11) is 0. The first kappa shape index (κ1) is 8.86. The van der Waals surface area contributed by atoms with Gasteiger partial charge in [0.25, 0.3) is 0 Å². The molecular formula is C7H6F2IN. The van der Waals surface area contributed by atoms with Crippen LogP contribution in [0.3, 0.4) is 0 Å². The predicted octanol–water partition coefficient (Wildman–Crippen LogP) is 2.40. The summed E-state index contributed by atoms with van der Waals surface area (Å²) in [4.78, 5) is 0. The Kier molecular flexibility index (Phi) is 3.19. The van der Waals surface area contributed by atoms with Crippen LogP contribution in [0.15, 0.2) is 18.2 Å². The van der Waals surface area contributed by atoms with Gasteiger partial charge in [-0.25, -0.2) is 8.78 Å². The van der Waals surface area contributed by atoms with Crippen molar-refractivity contribution in [3.05, 3.63) is 35.4 Å². The SMILES string of the molecule is Fc1cccc(F)c1CNI. The maximum Gasteiger partial charge on any atom is 0.130 e. The Morgan fingerprint density at radius 1 is 1.27 bits per heavy atom. The Morgan fingerprint density at radius 3 is 2.27 bits per heavy atom. The molecule has 1 rings (SSSR count). The Labute approximate surface area is 77.3 Å². The molecule has 1 aromatic rings. The second kappa shape index (κ2) is 3.96. The lowest BCUT2D eigenvalue weighted by atomic mass is 10.2. The quantitative estimate of drug-likeness (QED) is 0.642. The Bertz CT molecular complexity index is 232. The molecule has 0 unspecified atom stereocenters. The molecule has 60 valence electrons. The first-order valence-corrected chi connectivity index (χ1v) is 4.10. The van der Waals surface area contributed by atoms with E-state index in [9.17, 15) is 8.78 Å². The second-order valence-corrected chi connectivity index (χ2v) is 2.77. The molecule has 11 heavy (non-hydrogen) atoms. The highest BCUT2D eigenvalue weighted by Crippen LogP contribution is 2.11. The number of halogens is 3. The highest BCUT2D eigenvalue weighted by molar-refractivity contribution is 14.1. The average molecular weight is 269 g/mol. The number of hydrogen-bond donors (Lipinski definition) is 1. The van der Waals surface area contributed by atoms with Crippen molar-refractivity contribution in [1.29, 1.82) is 0 Å². The molecule has 0 aromatic heterocycles. The summed E-state index contributed by atoms with van der Waals surface area (Å²) in [6.45, 7) is 0.207. The largest absolute Gasteiger partial charge is 0.256 e. The third kappa shape index (κ3) is 2.10. The van der Waals surface area contributed by atoms with Crippen molar-refractivity contribution in [3.63, 3.8) is 0 Å². The van der Waals surface area contributed by atoms with Crippen molar-refractivity contribution < 1.29 is 8.78 Å². The van der Waals surface area contributed by atoms with Gasteiger partial charge in [-0.05, 0) is 12.1 Å². The van der Waals surface area contributed by atoms with Gasteiger partial charge >= 0.3 is 0 Å². The van der Waals surface area contributed by atoms with Crippen molar-refractivity contribution in [3.8, 4) is 0 Å². The molecule has 0 amide bonds. The van der Waals surface area contributed by atoms with Gasteiger partial charge in [-0.15, -0.1) is 0 Å². The van der Waals surface area contributed by atoms with Crippen molar-refractivity contribution >= 4 is 22.9 Å². The van der Waals surface area contributed by atoms with E-state index in [-0.39, 0.29) is 12.1 Å². The van der Waals surface area contributed by atoms with Crippen LogP contribution >= 0.6 is 22.9 Å². The van der Waals surface area contributed by atoms with Gasteiger partial charge in [-0.1, -0.05) is 6.07 Å². The molecular weight excluding hydrogens is 263 g/mol. The highest BCUT2D eigenvalue weighted by Gasteiger charge is 2.05. The fourth-order valence-electron chi connectivity index (χ4n) is 0.768. The highest BCUT2D eigenvalue weighted by atomic mass is 127. The summed E-state index contributed by atoms with van der Waals surface area (Å²) < 4.78 is 28.2. The first-order valence-electron chi connectivity index (χ1n) is 3.02. The van der Waals surface area contributed by atoms with Crippen LogP contribution in [0.4, 0.5) is 8.78 Å². The normalized spacial score (nSPS) is 10.1. The minimum atomic E-state index is -0.505. The summed E-state index contributed by atoms with van der Waals surface area (Å²) in [5.74, 6) is -1.01. The summed E-state index contributed by atoms with van der Waals surface area (Å²) in [5, 5.41) is 0. The van der Waals surface area contributed by atoms with Gasteiger partial charge in [0.05, 0.1) is 0 Å². The van der Waals surface area contributed by atoms with E-state index in [0.29, 0.717) is 0 Å². The third-order valence-electron chi connectivity index (χ3n) is 1.31. The zero-order valence-electron chi connectivity index (χ0n) is 5.57. The minimum Gasteiger partial charge on any atom is -0.256 e. The predicted molar refractivity (Wildman–Crippen MR) is 47.2 cm³/mol. The monoisotopic (exact) mass is 269 g/mol. The smallest absolute Gasteiger partial charge is 0.130 e. The molecule has 0 saturated carbocycles. The molecule has 0 atom stereocenters. The molecule has 1 N–H and O–H groups in total. The molecule has 4 heteroatoms. The van der Waals surface area contributed by atoms with E-state index in [1.165, 1.54) is 18.2 Å². The van der Waals surface area contributed by atoms with Crippen LogP contribution in [0.25, 0.3) is 0 Å². The molecule has 1 nitrogen and oxygen atoms in total. The van der Waals surface area contributed by atoms with Crippen molar-refractivity contribution in [2.75, 3.05) is 0 Å². The molecule has 0 aliphatic carbocycles. The maximum atomic E-state index is 12.8. The van der Waals surface area contributed by atoms with Crippen LogP contribution in [0.1, 0.15) is 5.56 Å². The molecule has 0 bridgehead atoms. The van der Waals surface area contributed by atoms with E-state index in [4.69, 9.17) is 0 Å². The van der Waals surface area contributed by atoms with Crippen molar-refractivity contribution in [1.82, 2.24) is 3.53 Å². The molecule has 0 spiro atoms. The van der Waals surface area contributed by atoms with Gasteiger partial charge in [0.1, 0.15) is 11.6 Å². The van der Waals surface area contributed by atoms with Crippen LogP contribution in [-0.2, 0) is 6.54 Å². The summed E-state index contributed by atoms with van der Waals surface area (Å²) in [6, 6.07) is 3.83. The van der Waals surface area contributed by atoms with E-state index in [1.54, 1.807) is 0 Å². The number of nitrogens with one attached hydrogen (secondary N) is 1. The van der Waals surface area contributed by atoms with Gasteiger partial charge in [0.15, 0.2) is 0 Å². The van der Waals surface area contributed by atoms with Gasteiger partial charge in [0.2, 0.25) is 0 Å². The van der Waals surface area contributed by atoms with Crippen LogP contribution in [0, 0.1) is 11.6 Å². The van der Waals surface area contributed by atoms with Gasteiger partial charge in [-0.2, -0.15) is 0 Å². The standard InChI is InChI=1S/C7H6F2IN/c8-6-2-1-3-7(9)5(6)4-11-10/h1-3,11H,4H2. The lowest BCUT2D eigenvalue weighted by molar-refractivity contribution is 0.555. The molecule has 0 fully saturated rings. The third-order valence-corrected chi connectivity index (χ3v) is 1.69. The van der Waals surface area contributed by atoms with Crippen LogP contribution < -0.4 is 3.53 Å². The van der Waals surface area contributed by atoms with E-state index < -0.39 is 11.6 Å². The molecule has 0 radical (unpaired) electrons. The molecule has 1 aromatic carbocycles. The zero-order valence-corrected chi connectivity index (χ0v) is 7.73. The topological polar surface area (TPSA) is 12.0 Å². The molecule has 0 saturated heterocycles. The van der Waals surface area contributed by atoms with E-state index in [0.717, 1.165) is 0 Å². The summed E-state index contributed by atoms with van der Waals surface area (Å²) in [5.41, 5.74) is 0.0851. The first-order chi connectivity index (χ1) is 5.25. The fraction of sp³-hybridized carbons (Fsp3) is 0.143. The summed E-state index contributed by atoms with van der Waals surface area (Å²) in [6.07, 6.45) is 0. The Balaban J connectivity index is 3.00. The lowest BCUT2D eigenvalue weighted by Crippen LogP contribution is -2.03. The molecule has 0 aliphatic rings. The van der Waals surface area contributed by atoms with Gasteiger partial charge in [0, 0.05) is 35.0 Å². The fourth-order valence-corrected chi connectivity index (χ4v) is 1.15. The second-order valence-electron chi connectivity index (χ2n) is 2.01. The molecule has 0 heterocycles. The van der Waals surface area contributed by atoms with E-state index in [2.05, 4.69) is 3.53 Å². The Morgan fingerprint density at radius 2 is 1.82 bits per heavy atom. The summed E-state index contributed by atoms with van der Waals surface area (Å²) >= 11 is 1.84. The Hall–Kier alpha value is -0.230. The molecule has 0 aliphatic heterocycles. The van der Waals surface area contributed by atoms with Crippen molar-refractivity contribution in [2.45, 2.75) is 6.54 Å². The van der Waals surface area contributed by atoms with E-state index >= 15 is 0 Å². The number of rotatable bonds is 2. The lowest BCUT2D eigenvalue weighted by Gasteiger charge is -2.01. The van der Waals surface area contributed by atoms with Crippen LogP contribution in [0.5, 0.6) is 0 Å². The van der Waals surface area contributed by atoms with Crippen LogP contribution in [-0.4, -0.2) is 0 Å². The zero-order chi connectivity index (χ0) is 8.27. The van der Waals surface area contributed by atoms with Crippen molar-refractivity contribution in [2.24, 2.45) is 0 Å². The maximum absolute atomic E-state index is 12.8. The van der Waals surface area contributed by atoms with E-state index in [1.807, 2.05) is 22.9 Å².